The molecule has 1 atom stereocenters. The van der Waals surface area contributed by atoms with E-state index >= 15 is 0 Å². The Kier molecular flexibility index (Phi) is 3.50. The van der Waals surface area contributed by atoms with Gasteiger partial charge in [0.25, 0.3) is 0 Å². The quantitative estimate of drug-likeness (QED) is 0.761. The minimum Gasteiger partial charge on any atom is -0.383 e. The molecule has 2 aromatic heterocycles. The van der Waals surface area contributed by atoms with Crippen molar-refractivity contribution >= 4 is 27.3 Å². The van der Waals surface area contributed by atoms with E-state index in [4.69, 9.17) is 0 Å². The SMILES string of the molecule is OC(c1cn[nH]c1-c1ccccc1)c1sccc1Br. The van der Waals surface area contributed by atoms with E-state index in [1.54, 1.807) is 6.20 Å². The zero-order chi connectivity index (χ0) is 13.2. The summed E-state index contributed by atoms with van der Waals surface area (Å²) in [6.07, 6.45) is 1.00. The number of aliphatic hydroxyl groups is 1. The van der Waals surface area contributed by atoms with Crippen molar-refractivity contribution in [3.63, 3.8) is 0 Å². The molecule has 3 aromatic rings. The standard InChI is InChI=1S/C14H11BrN2OS/c15-11-6-7-19-14(11)13(18)10-8-16-17-12(10)9-4-2-1-3-5-9/h1-8,13,18H,(H,16,17). The van der Waals surface area contributed by atoms with Gasteiger partial charge in [0.1, 0.15) is 6.10 Å². The van der Waals surface area contributed by atoms with Gasteiger partial charge < -0.3 is 5.11 Å². The number of aromatic nitrogens is 2. The third kappa shape index (κ3) is 2.36. The highest BCUT2D eigenvalue weighted by Gasteiger charge is 2.20. The van der Waals surface area contributed by atoms with E-state index in [1.807, 2.05) is 41.8 Å². The summed E-state index contributed by atoms with van der Waals surface area (Å²) in [4.78, 5) is 0.888. The molecule has 0 spiro atoms. The summed E-state index contributed by atoms with van der Waals surface area (Å²) in [6.45, 7) is 0. The maximum Gasteiger partial charge on any atom is 0.118 e. The van der Waals surface area contributed by atoms with Crippen LogP contribution in [0.4, 0.5) is 0 Å². The molecule has 96 valence electrons. The molecular weight excluding hydrogens is 324 g/mol. The Labute approximate surface area is 123 Å². The molecule has 2 N–H and O–H groups in total. The first-order valence-corrected chi connectivity index (χ1v) is 7.44. The van der Waals surface area contributed by atoms with Crippen LogP contribution in [0.15, 0.2) is 52.4 Å². The lowest BCUT2D eigenvalue weighted by Crippen LogP contribution is -1.98. The van der Waals surface area contributed by atoms with E-state index < -0.39 is 6.10 Å². The predicted molar refractivity (Wildman–Crippen MR) is 80.1 cm³/mol. The van der Waals surface area contributed by atoms with Gasteiger partial charge in [-0.15, -0.1) is 11.3 Å². The molecule has 0 amide bonds. The monoisotopic (exact) mass is 334 g/mol. The molecule has 0 saturated heterocycles. The van der Waals surface area contributed by atoms with Crippen LogP contribution in [0.3, 0.4) is 0 Å². The fourth-order valence-corrected chi connectivity index (χ4v) is 3.57. The number of aliphatic hydroxyl groups excluding tert-OH is 1. The zero-order valence-corrected chi connectivity index (χ0v) is 12.3. The Bertz CT molecular complexity index is 678. The summed E-state index contributed by atoms with van der Waals surface area (Å²) >= 11 is 4.97. The van der Waals surface area contributed by atoms with Crippen molar-refractivity contribution in [1.29, 1.82) is 0 Å². The van der Waals surface area contributed by atoms with Gasteiger partial charge in [0.05, 0.1) is 16.8 Å². The molecule has 0 saturated carbocycles. The number of thiophene rings is 1. The van der Waals surface area contributed by atoms with Crippen LogP contribution in [-0.4, -0.2) is 15.3 Å². The Morgan fingerprint density at radius 1 is 1.21 bits per heavy atom. The van der Waals surface area contributed by atoms with Crippen molar-refractivity contribution in [2.24, 2.45) is 0 Å². The largest absolute Gasteiger partial charge is 0.383 e. The smallest absolute Gasteiger partial charge is 0.118 e. The second kappa shape index (κ2) is 5.28. The second-order valence-electron chi connectivity index (χ2n) is 4.10. The summed E-state index contributed by atoms with van der Waals surface area (Å²) in [6, 6.07) is 11.8. The van der Waals surface area contributed by atoms with Gasteiger partial charge in [-0.1, -0.05) is 30.3 Å². The van der Waals surface area contributed by atoms with Crippen LogP contribution in [0.1, 0.15) is 16.5 Å². The van der Waals surface area contributed by atoms with Gasteiger partial charge in [0.15, 0.2) is 0 Å². The van der Waals surface area contributed by atoms with E-state index in [1.165, 1.54) is 11.3 Å². The number of benzene rings is 1. The van der Waals surface area contributed by atoms with Crippen molar-refractivity contribution in [3.8, 4) is 11.3 Å². The Balaban J connectivity index is 2.04. The van der Waals surface area contributed by atoms with Gasteiger partial charge in [-0.3, -0.25) is 5.10 Å². The molecule has 3 rings (SSSR count). The molecule has 19 heavy (non-hydrogen) atoms. The van der Waals surface area contributed by atoms with Crippen LogP contribution in [0.2, 0.25) is 0 Å². The third-order valence-electron chi connectivity index (χ3n) is 2.92. The number of nitrogens with zero attached hydrogens (tertiary/aromatic N) is 1. The van der Waals surface area contributed by atoms with E-state index in [9.17, 15) is 5.11 Å². The minimum absolute atomic E-state index is 0.677. The zero-order valence-electron chi connectivity index (χ0n) is 9.88. The molecule has 0 bridgehead atoms. The number of hydrogen-bond donors (Lipinski definition) is 2. The highest BCUT2D eigenvalue weighted by molar-refractivity contribution is 9.10. The summed E-state index contributed by atoms with van der Waals surface area (Å²) in [7, 11) is 0. The Morgan fingerprint density at radius 3 is 2.68 bits per heavy atom. The van der Waals surface area contributed by atoms with Crippen LogP contribution in [0.5, 0.6) is 0 Å². The van der Waals surface area contributed by atoms with Crippen LogP contribution in [0.25, 0.3) is 11.3 Å². The van der Waals surface area contributed by atoms with E-state index in [0.717, 1.165) is 26.2 Å². The topological polar surface area (TPSA) is 48.9 Å². The molecule has 1 aromatic carbocycles. The van der Waals surface area contributed by atoms with Crippen LogP contribution in [-0.2, 0) is 0 Å². The Morgan fingerprint density at radius 2 is 2.00 bits per heavy atom. The predicted octanol–water partition coefficient (Wildman–Crippen LogP) is 3.98. The van der Waals surface area contributed by atoms with Gasteiger partial charge in [0, 0.05) is 10.0 Å². The van der Waals surface area contributed by atoms with Gasteiger partial charge in [-0.2, -0.15) is 5.10 Å². The lowest BCUT2D eigenvalue weighted by Gasteiger charge is -2.10. The average molecular weight is 335 g/mol. The van der Waals surface area contributed by atoms with Gasteiger partial charge in [0.2, 0.25) is 0 Å². The highest BCUT2D eigenvalue weighted by Crippen LogP contribution is 2.36. The average Bonchev–Trinajstić information content (AvgIpc) is 3.07. The number of aromatic amines is 1. The molecule has 0 aliphatic carbocycles. The maximum atomic E-state index is 10.5. The first kappa shape index (κ1) is 12.6. The van der Waals surface area contributed by atoms with E-state index in [2.05, 4.69) is 26.1 Å². The van der Waals surface area contributed by atoms with Gasteiger partial charge >= 0.3 is 0 Å². The van der Waals surface area contributed by atoms with Crippen LogP contribution in [0, 0.1) is 0 Å². The van der Waals surface area contributed by atoms with Crippen molar-refractivity contribution in [2.75, 3.05) is 0 Å². The van der Waals surface area contributed by atoms with Crippen molar-refractivity contribution in [1.82, 2.24) is 10.2 Å². The molecule has 5 heteroatoms. The molecule has 0 radical (unpaired) electrons. The molecule has 0 aliphatic rings. The lowest BCUT2D eigenvalue weighted by atomic mass is 10.0. The third-order valence-corrected chi connectivity index (χ3v) is 4.84. The van der Waals surface area contributed by atoms with E-state index in [-0.39, 0.29) is 0 Å². The number of nitrogens with one attached hydrogen (secondary N) is 1. The fourth-order valence-electron chi connectivity index (χ4n) is 1.98. The van der Waals surface area contributed by atoms with Crippen molar-refractivity contribution in [3.05, 3.63) is 62.9 Å². The van der Waals surface area contributed by atoms with Crippen LogP contribution < -0.4 is 0 Å². The molecule has 0 aliphatic heterocycles. The van der Waals surface area contributed by atoms with E-state index in [0.29, 0.717) is 0 Å². The number of hydrogen-bond acceptors (Lipinski definition) is 3. The second-order valence-corrected chi connectivity index (χ2v) is 5.90. The minimum atomic E-state index is -0.677. The summed E-state index contributed by atoms with van der Waals surface area (Å²) < 4.78 is 0.921. The van der Waals surface area contributed by atoms with Gasteiger partial charge in [-0.25, -0.2) is 0 Å². The van der Waals surface area contributed by atoms with Gasteiger partial charge in [-0.05, 0) is 32.9 Å². The first-order chi connectivity index (χ1) is 9.27. The molecule has 1 unspecified atom stereocenters. The molecule has 2 heterocycles. The Hall–Kier alpha value is -1.43. The van der Waals surface area contributed by atoms with Crippen molar-refractivity contribution in [2.45, 2.75) is 6.10 Å². The molecule has 0 fully saturated rings. The highest BCUT2D eigenvalue weighted by atomic mass is 79.9. The number of rotatable bonds is 3. The summed E-state index contributed by atoms with van der Waals surface area (Å²) in [5.74, 6) is 0. The summed E-state index contributed by atoms with van der Waals surface area (Å²) in [5, 5.41) is 19.5. The first-order valence-electron chi connectivity index (χ1n) is 5.77. The number of halogens is 1. The number of H-pyrrole nitrogens is 1. The van der Waals surface area contributed by atoms with Crippen molar-refractivity contribution < 1.29 is 5.11 Å². The lowest BCUT2D eigenvalue weighted by molar-refractivity contribution is 0.224. The fraction of sp³-hybridized carbons (Fsp3) is 0.0714. The molecule has 3 nitrogen and oxygen atoms in total. The summed E-state index contributed by atoms with van der Waals surface area (Å²) in [5.41, 5.74) is 2.66. The normalized spacial score (nSPS) is 12.5. The van der Waals surface area contributed by atoms with Crippen LogP contribution >= 0.6 is 27.3 Å². The maximum absolute atomic E-state index is 10.5. The molecular formula is C14H11BrN2OS.